The third-order valence-electron chi connectivity index (χ3n) is 8.29. The zero-order chi connectivity index (χ0) is 34.8. The number of ether oxygens (including phenoxy) is 3. The summed E-state index contributed by atoms with van der Waals surface area (Å²) in [6.45, 7) is 10.2. The van der Waals surface area contributed by atoms with Crippen LogP contribution in [0.5, 0.6) is 5.75 Å². The quantitative estimate of drug-likeness (QED) is 0.184. The van der Waals surface area contributed by atoms with Crippen LogP contribution < -0.4 is 15.4 Å². The number of nitrogens with one attached hydrogen (secondary N) is 3. The maximum Gasteiger partial charge on any atom is 0.412 e. The molecule has 12 heteroatoms. The number of hydrogen-bond donors (Lipinski definition) is 4. The first-order chi connectivity index (χ1) is 22.8. The van der Waals surface area contributed by atoms with Gasteiger partial charge in [-0.2, -0.15) is 0 Å². The molecule has 0 radical (unpaired) electrons. The molecule has 0 bridgehead atoms. The molecule has 0 aliphatic carbocycles. The van der Waals surface area contributed by atoms with Gasteiger partial charge in [-0.3, -0.25) is 14.5 Å². The van der Waals surface area contributed by atoms with Crippen molar-refractivity contribution in [1.82, 2.24) is 20.5 Å². The Morgan fingerprint density at radius 1 is 1.10 bits per heavy atom. The molecule has 4 N–H and O–H groups in total. The van der Waals surface area contributed by atoms with Gasteiger partial charge in [0.15, 0.2) is 0 Å². The average Bonchev–Trinajstić information content (AvgIpc) is 3.45. The Balaban J connectivity index is 1.50. The second-order valence-electron chi connectivity index (χ2n) is 13.2. The summed E-state index contributed by atoms with van der Waals surface area (Å²) in [5.41, 5.74) is 1.91. The highest BCUT2D eigenvalue weighted by Crippen LogP contribution is 2.26. The third-order valence-corrected chi connectivity index (χ3v) is 8.29. The van der Waals surface area contributed by atoms with Gasteiger partial charge in [-0.15, -0.1) is 0 Å². The number of aliphatic carboxylic acids is 1. The number of nitrogens with zero attached hydrogens (tertiary/aromatic N) is 1. The van der Waals surface area contributed by atoms with Gasteiger partial charge in [0.2, 0.25) is 11.8 Å². The fourth-order valence-electron chi connectivity index (χ4n) is 5.50. The Hall–Kier alpha value is -4.58. The number of carboxylic acid groups (broad SMARTS) is 1. The van der Waals surface area contributed by atoms with Crippen LogP contribution in [0.4, 0.5) is 4.79 Å². The van der Waals surface area contributed by atoms with Crippen molar-refractivity contribution in [3.05, 3.63) is 65.9 Å². The monoisotopic (exact) mass is 664 g/mol. The molecule has 1 aliphatic heterocycles. The molecule has 1 saturated heterocycles. The molecule has 1 unspecified atom stereocenters. The summed E-state index contributed by atoms with van der Waals surface area (Å²) in [5, 5.41) is 16.1. The molecule has 2 heterocycles. The van der Waals surface area contributed by atoms with Crippen LogP contribution in [0, 0.1) is 5.92 Å². The summed E-state index contributed by atoms with van der Waals surface area (Å²) < 4.78 is 17.4. The smallest absolute Gasteiger partial charge is 0.412 e. The molecule has 48 heavy (non-hydrogen) atoms. The predicted octanol–water partition coefficient (Wildman–Crippen LogP) is 5.15. The molecule has 3 aromatic rings. The lowest BCUT2D eigenvalue weighted by Crippen LogP contribution is -2.54. The Bertz CT molecular complexity index is 1550. The molecule has 3 amide bonds. The van der Waals surface area contributed by atoms with Crippen molar-refractivity contribution in [3.8, 4) is 5.75 Å². The first-order valence-electron chi connectivity index (χ1n) is 16.5. The Morgan fingerprint density at radius 2 is 1.85 bits per heavy atom. The largest absolute Gasteiger partial charge is 0.489 e. The van der Waals surface area contributed by atoms with Gasteiger partial charge in [0, 0.05) is 42.9 Å². The van der Waals surface area contributed by atoms with E-state index < -0.39 is 47.8 Å². The van der Waals surface area contributed by atoms with Gasteiger partial charge in [-0.25, -0.2) is 9.59 Å². The standard InChI is InChI=1S/C36H48N4O8/c1-6-23(2)32(34(43)44)39-33(42)29(38-30(41)15-16-31-40(17-10-18-46-31)35(45)48-36(3,4)5)19-25-21-37-28-14-13-26(20-27(25)28)47-22-24-11-8-7-9-12-24/h7-9,11-14,20-21,23,29,31-32,37H,6,10,15-19,22H2,1-5H3,(H,38,41)(H,39,42)(H,43,44)/t23-,29-,31?,32-/m0/s1. The Morgan fingerprint density at radius 3 is 2.54 bits per heavy atom. The number of amides is 3. The highest BCUT2D eigenvalue weighted by Gasteiger charge is 2.33. The van der Waals surface area contributed by atoms with Crippen LogP contribution in [0.3, 0.4) is 0 Å². The first-order valence-corrected chi connectivity index (χ1v) is 16.5. The van der Waals surface area contributed by atoms with E-state index in [2.05, 4.69) is 15.6 Å². The van der Waals surface area contributed by atoms with Gasteiger partial charge < -0.3 is 34.9 Å². The molecule has 0 spiro atoms. The number of benzene rings is 2. The maximum atomic E-state index is 13.7. The highest BCUT2D eigenvalue weighted by molar-refractivity contribution is 5.92. The maximum absolute atomic E-state index is 13.7. The lowest BCUT2D eigenvalue weighted by Gasteiger charge is -2.36. The number of hydrogen-bond acceptors (Lipinski definition) is 7. The summed E-state index contributed by atoms with van der Waals surface area (Å²) >= 11 is 0. The summed E-state index contributed by atoms with van der Waals surface area (Å²) in [7, 11) is 0. The van der Waals surface area contributed by atoms with Gasteiger partial charge in [0.1, 0.15) is 36.3 Å². The minimum Gasteiger partial charge on any atom is -0.489 e. The molecule has 1 aliphatic rings. The zero-order valence-corrected chi connectivity index (χ0v) is 28.4. The van der Waals surface area contributed by atoms with Gasteiger partial charge in [-0.1, -0.05) is 50.6 Å². The topological polar surface area (TPSA) is 159 Å². The summed E-state index contributed by atoms with van der Waals surface area (Å²) in [6, 6.07) is 13.2. The van der Waals surface area contributed by atoms with Gasteiger partial charge in [0.05, 0.1) is 6.61 Å². The molecule has 4 atom stereocenters. The lowest BCUT2D eigenvalue weighted by molar-refractivity contribution is -0.143. The predicted molar refractivity (Wildman–Crippen MR) is 180 cm³/mol. The number of aromatic amines is 1. The van der Waals surface area contributed by atoms with Crippen LogP contribution in [-0.2, 0) is 36.9 Å². The van der Waals surface area contributed by atoms with Crippen molar-refractivity contribution < 1.29 is 38.5 Å². The second-order valence-corrected chi connectivity index (χ2v) is 13.2. The minimum absolute atomic E-state index is 0.0349. The van der Waals surface area contributed by atoms with E-state index in [1.807, 2.05) is 55.5 Å². The van der Waals surface area contributed by atoms with E-state index in [0.717, 1.165) is 22.0 Å². The van der Waals surface area contributed by atoms with E-state index in [4.69, 9.17) is 14.2 Å². The lowest BCUT2D eigenvalue weighted by atomic mass is 9.98. The Labute approximate surface area is 281 Å². The van der Waals surface area contributed by atoms with Crippen molar-refractivity contribution >= 4 is 34.8 Å². The fourth-order valence-corrected chi connectivity index (χ4v) is 5.50. The van der Waals surface area contributed by atoms with Gasteiger partial charge >= 0.3 is 12.1 Å². The number of carboxylic acids is 1. The van der Waals surface area contributed by atoms with Crippen LogP contribution in [0.25, 0.3) is 10.9 Å². The van der Waals surface area contributed by atoms with Crippen molar-refractivity contribution in [2.45, 2.75) is 97.2 Å². The highest BCUT2D eigenvalue weighted by atomic mass is 16.6. The number of carbonyl (C=O) groups excluding carboxylic acids is 3. The van der Waals surface area contributed by atoms with Crippen molar-refractivity contribution in [3.63, 3.8) is 0 Å². The van der Waals surface area contributed by atoms with Crippen LogP contribution in [0.15, 0.2) is 54.7 Å². The van der Waals surface area contributed by atoms with Crippen molar-refractivity contribution in [2.24, 2.45) is 5.92 Å². The van der Waals surface area contributed by atoms with E-state index in [-0.39, 0.29) is 25.2 Å². The van der Waals surface area contributed by atoms with Crippen LogP contribution in [-0.4, -0.2) is 75.9 Å². The summed E-state index contributed by atoms with van der Waals surface area (Å²) in [4.78, 5) is 56.6. The van der Waals surface area contributed by atoms with E-state index in [1.165, 1.54) is 4.90 Å². The van der Waals surface area contributed by atoms with E-state index >= 15 is 0 Å². The number of carbonyl (C=O) groups is 4. The van der Waals surface area contributed by atoms with E-state index in [1.54, 1.807) is 33.9 Å². The summed E-state index contributed by atoms with van der Waals surface area (Å²) in [6.07, 6.45) is 2.04. The number of rotatable bonds is 14. The number of H-pyrrole nitrogens is 1. The summed E-state index contributed by atoms with van der Waals surface area (Å²) in [5.74, 6) is -1.88. The minimum atomic E-state index is -1.15. The van der Waals surface area contributed by atoms with E-state index in [0.29, 0.717) is 38.3 Å². The van der Waals surface area contributed by atoms with E-state index in [9.17, 15) is 24.3 Å². The second kappa shape index (κ2) is 16.5. The average molecular weight is 665 g/mol. The van der Waals surface area contributed by atoms with Crippen LogP contribution in [0.1, 0.15) is 71.4 Å². The van der Waals surface area contributed by atoms with Crippen LogP contribution in [0.2, 0.25) is 0 Å². The molecule has 2 aromatic carbocycles. The molecule has 1 fully saturated rings. The molecule has 0 saturated carbocycles. The van der Waals surface area contributed by atoms with Gasteiger partial charge in [-0.05, 0) is 62.4 Å². The van der Waals surface area contributed by atoms with Crippen LogP contribution >= 0.6 is 0 Å². The molecule has 12 nitrogen and oxygen atoms in total. The fraction of sp³-hybridized carbons (Fsp3) is 0.500. The molecule has 260 valence electrons. The molecular formula is C36H48N4O8. The SMILES string of the molecule is CC[C@H](C)[C@H](NC(=O)[C@H](Cc1c[nH]c2ccc(OCc3ccccc3)cc12)NC(=O)CCC1OCCCN1C(=O)OC(C)(C)C)C(=O)O. The normalized spacial score (nSPS) is 16.9. The Kier molecular flexibility index (Phi) is 12.5. The van der Waals surface area contributed by atoms with Gasteiger partial charge in [0.25, 0.3) is 0 Å². The zero-order valence-electron chi connectivity index (χ0n) is 28.4. The first kappa shape index (κ1) is 36.3. The number of fused-ring (bicyclic) bond motifs is 1. The molecule has 4 rings (SSSR count). The molecule has 1 aromatic heterocycles. The van der Waals surface area contributed by atoms with Crippen molar-refractivity contribution in [2.75, 3.05) is 13.2 Å². The van der Waals surface area contributed by atoms with Crippen molar-refractivity contribution in [1.29, 1.82) is 0 Å². The third kappa shape index (κ3) is 10.2. The number of aromatic nitrogens is 1. The molecular weight excluding hydrogens is 616 g/mol.